The summed E-state index contributed by atoms with van der Waals surface area (Å²) in [6, 6.07) is 10.2. The van der Waals surface area contributed by atoms with Crippen LogP contribution in [0.2, 0.25) is 0 Å². The van der Waals surface area contributed by atoms with E-state index in [-0.39, 0.29) is 11.5 Å². The molecule has 3 rings (SSSR count). The van der Waals surface area contributed by atoms with E-state index in [9.17, 15) is 18.4 Å². The third-order valence-electron chi connectivity index (χ3n) is 4.55. The SMILES string of the molecule is CC(C(=O)O)c1ccc(NC(=O)C2CC2c2c(F)cccc2F)cc1. The minimum absolute atomic E-state index is 0.0340. The first-order chi connectivity index (χ1) is 11.9. The van der Waals surface area contributed by atoms with Crippen LogP contribution in [0, 0.1) is 17.6 Å². The number of aliphatic carboxylic acids is 1. The number of hydrogen-bond donors (Lipinski definition) is 2. The average molecular weight is 345 g/mol. The molecule has 25 heavy (non-hydrogen) atoms. The van der Waals surface area contributed by atoms with Gasteiger partial charge in [0.05, 0.1) is 5.92 Å². The van der Waals surface area contributed by atoms with Gasteiger partial charge in [0, 0.05) is 23.1 Å². The van der Waals surface area contributed by atoms with Gasteiger partial charge in [0.25, 0.3) is 0 Å². The summed E-state index contributed by atoms with van der Waals surface area (Å²) < 4.78 is 27.5. The zero-order chi connectivity index (χ0) is 18.1. The number of nitrogens with one attached hydrogen (secondary N) is 1. The van der Waals surface area contributed by atoms with Crippen molar-refractivity contribution in [3.63, 3.8) is 0 Å². The van der Waals surface area contributed by atoms with E-state index in [1.54, 1.807) is 31.2 Å². The maximum atomic E-state index is 13.8. The zero-order valence-corrected chi connectivity index (χ0v) is 13.5. The molecule has 2 aromatic carbocycles. The first-order valence-corrected chi connectivity index (χ1v) is 7.96. The van der Waals surface area contributed by atoms with E-state index in [2.05, 4.69) is 5.32 Å². The molecular formula is C19H17F2NO3. The van der Waals surface area contributed by atoms with Crippen molar-refractivity contribution in [3.05, 3.63) is 65.2 Å². The van der Waals surface area contributed by atoms with Gasteiger partial charge in [0.1, 0.15) is 11.6 Å². The number of anilines is 1. The van der Waals surface area contributed by atoms with E-state index in [0.29, 0.717) is 17.7 Å². The number of halogens is 2. The fourth-order valence-electron chi connectivity index (χ4n) is 2.90. The van der Waals surface area contributed by atoms with Gasteiger partial charge in [-0.2, -0.15) is 0 Å². The highest BCUT2D eigenvalue weighted by Crippen LogP contribution is 2.49. The van der Waals surface area contributed by atoms with Crippen LogP contribution in [-0.4, -0.2) is 17.0 Å². The van der Waals surface area contributed by atoms with Gasteiger partial charge in [-0.3, -0.25) is 9.59 Å². The molecule has 1 saturated carbocycles. The van der Waals surface area contributed by atoms with E-state index >= 15 is 0 Å². The van der Waals surface area contributed by atoms with Crippen LogP contribution in [0.4, 0.5) is 14.5 Å². The van der Waals surface area contributed by atoms with Gasteiger partial charge in [0.2, 0.25) is 5.91 Å². The van der Waals surface area contributed by atoms with Crippen molar-refractivity contribution in [1.82, 2.24) is 0 Å². The van der Waals surface area contributed by atoms with Crippen LogP contribution >= 0.6 is 0 Å². The molecule has 0 aromatic heterocycles. The Labute approximate surface area is 143 Å². The second kappa shape index (κ2) is 6.63. The molecule has 130 valence electrons. The van der Waals surface area contributed by atoms with Crippen LogP contribution in [0.25, 0.3) is 0 Å². The number of carbonyl (C=O) groups excluding carboxylic acids is 1. The minimum Gasteiger partial charge on any atom is -0.481 e. The highest BCUT2D eigenvalue weighted by Gasteiger charge is 2.46. The lowest BCUT2D eigenvalue weighted by atomic mass is 10.0. The van der Waals surface area contributed by atoms with E-state index in [1.165, 1.54) is 18.2 Å². The molecule has 3 atom stereocenters. The number of carboxylic acid groups (broad SMARTS) is 1. The summed E-state index contributed by atoms with van der Waals surface area (Å²) in [5.74, 6) is -4.05. The largest absolute Gasteiger partial charge is 0.481 e. The number of amides is 1. The van der Waals surface area contributed by atoms with Gasteiger partial charge in [-0.1, -0.05) is 18.2 Å². The first kappa shape index (κ1) is 17.1. The van der Waals surface area contributed by atoms with Crippen molar-refractivity contribution < 1.29 is 23.5 Å². The van der Waals surface area contributed by atoms with E-state index in [0.717, 1.165) is 0 Å². The Morgan fingerprint density at radius 2 is 1.72 bits per heavy atom. The highest BCUT2D eigenvalue weighted by molar-refractivity contribution is 5.95. The molecule has 2 aromatic rings. The van der Waals surface area contributed by atoms with Crippen molar-refractivity contribution >= 4 is 17.6 Å². The third-order valence-corrected chi connectivity index (χ3v) is 4.55. The van der Waals surface area contributed by atoms with Gasteiger partial charge < -0.3 is 10.4 Å². The summed E-state index contributed by atoms with van der Waals surface area (Å²) in [7, 11) is 0. The Balaban J connectivity index is 1.65. The summed E-state index contributed by atoms with van der Waals surface area (Å²) in [6.07, 6.45) is 0.401. The third kappa shape index (κ3) is 3.52. The molecule has 6 heteroatoms. The van der Waals surface area contributed by atoms with Crippen molar-refractivity contribution in [2.75, 3.05) is 5.32 Å². The van der Waals surface area contributed by atoms with Crippen LogP contribution in [0.5, 0.6) is 0 Å². The van der Waals surface area contributed by atoms with Gasteiger partial charge in [0.15, 0.2) is 0 Å². The van der Waals surface area contributed by atoms with Crippen molar-refractivity contribution in [3.8, 4) is 0 Å². The van der Waals surface area contributed by atoms with Crippen LogP contribution in [0.3, 0.4) is 0 Å². The number of hydrogen-bond acceptors (Lipinski definition) is 2. The van der Waals surface area contributed by atoms with E-state index in [4.69, 9.17) is 5.11 Å². The molecule has 3 unspecified atom stereocenters. The fourth-order valence-corrected chi connectivity index (χ4v) is 2.90. The normalized spacial score (nSPS) is 20.0. The second-order valence-corrected chi connectivity index (χ2v) is 6.26. The predicted molar refractivity (Wildman–Crippen MR) is 88.3 cm³/mol. The van der Waals surface area contributed by atoms with Crippen molar-refractivity contribution in [1.29, 1.82) is 0 Å². The van der Waals surface area contributed by atoms with Crippen LogP contribution < -0.4 is 5.32 Å². The molecule has 1 aliphatic carbocycles. The number of benzene rings is 2. The Hall–Kier alpha value is -2.76. The Bertz CT molecular complexity index is 800. The average Bonchev–Trinajstić information content (AvgIpc) is 3.35. The first-order valence-electron chi connectivity index (χ1n) is 7.96. The zero-order valence-electron chi connectivity index (χ0n) is 13.5. The van der Waals surface area contributed by atoms with Crippen LogP contribution in [0.1, 0.15) is 36.3 Å². The summed E-state index contributed by atoms with van der Waals surface area (Å²) in [6.45, 7) is 1.58. The molecule has 1 amide bonds. The summed E-state index contributed by atoms with van der Waals surface area (Å²) in [5.41, 5.74) is 1.11. The van der Waals surface area contributed by atoms with Crippen LogP contribution in [0.15, 0.2) is 42.5 Å². The maximum absolute atomic E-state index is 13.8. The molecule has 4 nitrogen and oxygen atoms in total. The van der Waals surface area contributed by atoms with Gasteiger partial charge in [-0.05, 0) is 43.2 Å². The van der Waals surface area contributed by atoms with Crippen LogP contribution in [-0.2, 0) is 9.59 Å². The molecule has 2 N–H and O–H groups in total. The Morgan fingerprint density at radius 3 is 2.28 bits per heavy atom. The minimum atomic E-state index is -0.926. The monoisotopic (exact) mass is 345 g/mol. The number of rotatable bonds is 5. The van der Waals surface area contributed by atoms with E-state index < -0.39 is 35.4 Å². The lowest BCUT2D eigenvalue weighted by Crippen LogP contribution is -2.15. The van der Waals surface area contributed by atoms with E-state index in [1.807, 2.05) is 0 Å². The lowest BCUT2D eigenvalue weighted by Gasteiger charge is -2.09. The van der Waals surface area contributed by atoms with Crippen molar-refractivity contribution in [2.24, 2.45) is 5.92 Å². The topological polar surface area (TPSA) is 66.4 Å². The molecule has 0 radical (unpaired) electrons. The lowest BCUT2D eigenvalue weighted by molar-refractivity contribution is -0.138. The molecule has 0 aliphatic heterocycles. The van der Waals surface area contributed by atoms with Crippen molar-refractivity contribution in [2.45, 2.75) is 25.2 Å². The molecule has 0 spiro atoms. The molecule has 0 saturated heterocycles. The highest BCUT2D eigenvalue weighted by atomic mass is 19.1. The van der Waals surface area contributed by atoms with Gasteiger partial charge in [-0.25, -0.2) is 8.78 Å². The van der Waals surface area contributed by atoms with Gasteiger partial charge in [-0.15, -0.1) is 0 Å². The number of carbonyl (C=O) groups is 2. The maximum Gasteiger partial charge on any atom is 0.310 e. The predicted octanol–water partition coefficient (Wildman–Crippen LogP) is 3.90. The molecular weight excluding hydrogens is 328 g/mol. The smallest absolute Gasteiger partial charge is 0.310 e. The summed E-state index contributed by atoms with van der Waals surface area (Å²) >= 11 is 0. The van der Waals surface area contributed by atoms with Gasteiger partial charge >= 0.3 is 5.97 Å². The Morgan fingerprint density at radius 1 is 1.12 bits per heavy atom. The molecule has 1 fully saturated rings. The quantitative estimate of drug-likeness (QED) is 0.864. The molecule has 0 bridgehead atoms. The fraction of sp³-hybridized carbons (Fsp3) is 0.263. The summed E-state index contributed by atoms with van der Waals surface area (Å²) in [5, 5.41) is 11.7. The second-order valence-electron chi connectivity index (χ2n) is 6.26. The summed E-state index contributed by atoms with van der Waals surface area (Å²) in [4.78, 5) is 23.2. The Kier molecular flexibility index (Phi) is 4.53. The standard InChI is InChI=1S/C19H17F2NO3/c1-10(19(24)25)11-5-7-12(8-6-11)22-18(23)14-9-13(14)17-15(20)3-2-4-16(17)21/h2-8,10,13-14H,9H2,1H3,(H,22,23)(H,24,25). The number of carboxylic acids is 1. The molecule has 1 aliphatic rings. The molecule has 0 heterocycles.